The molecule has 0 unspecified atom stereocenters. The van der Waals surface area contributed by atoms with E-state index in [0.717, 1.165) is 0 Å². The molecule has 1 N–H and O–H groups in total. The van der Waals surface area contributed by atoms with Crippen LogP contribution < -0.4 is 0 Å². The molecular weight excluding hydrogens is 239 g/mol. The summed E-state index contributed by atoms with van der Waals surface area (Å²) in [6, 6.07) is 0. The molecule has 1 aliphatic rings. The topological polar surface area (TPSA) is 49.8 Å². The van der Waals surface area contributed by atoms with Crippen molar-refractivity contribution in [2.75, 3.05) is 26.7 Å². The van der Waals surface area contributed by atoms with Crippen LogP contribution in [0.4, 0.5) is 13.2 Å². The van der Waals surface area contributed by atoms with E-state index in [1.165, 1.54) is 12.0 Å². The van der Waals surface area contributed by atoms with Gasteiger partial charge < -0.3 is 9.84 Å². The van der Waals surface area contributed by atoms with Crippen molar-refractivity contribution >= 4 is 5.97 Å². The largest absolute Gasteiger partial charge is 0.469 e. The van der Waals surface area contributed by atoms with Crippen molar-refractivity contribution in [3.8, 4) is 0 Å². The van der Waals surface area contributed by atoms with Gasteiger partial charge in [-0.3, -0.25) is 9.69 Å². The van der Waals surface area contributed by atoms with Gasteiger partial charge in [-0.25, -0.2) is 0 Å². The second-order valence-corrected chi connectivity index (χ2v) is 4.59. The van der Waals surface area contributed by atoms with Gasteiger partial charge in [0.15, 0.2) is 6.10 Å². The van der Waals surface area contributed by atoms with Gasteiger partial charge in [0.2, 0.25) is 0 Å². The third-order valence-electron chi connectivity index (χ3n) is 3.04. The lowest BCUT2D eigenvalue weighted by Crippen LogP contribution is -2.41. The third-order valence-corrected chi connectivity index (χ3v) is 3.04. The number of esters is 1. The maximum Gasteiger partial charge on any atom is 0.415 e. The summed E-state index contributed by atoms with van der Waals surface area (Å²) in [5.41, 5.74) is -0.778. The summed E-state index contributed by atoms with van der Waals surface area (Å²) in [6.45, 7) is 1.67. The predicted octanol–water partition coefficient (Wildman–Crippen LogP) is 0.795. The van der Waals surface area contributed by atoms with Crippen molar-refractivity contribution in [2.45, 2.75) is 25.6 Å². The van der Waals surface area contributed by atoms with Crippen LogP contribution in [0.15, 0.2) is 0 Å². The first-order chi connectivity index (χ1) is 7.69. The Morgan fingerprint density at radius 2 is 2.18 bits per heavy atom. The number of aliphatic hydroxyl groups is 1. The lowest BCUT2D eigenvalue weighted by Gasteiger charge is -2.24. The van der Waals surface area contributed by atoms with E-state index in [9.17, 15) is 18.0 Å². The zero-order chi connectivity index (χ0) is 13.3. The standard InChI is InChI=1S/C10H16F3NO3/c1-9(8(16)17-2)3-4-14(6-9)5-7(15)10(11,12)13/h7,15H,3-6H2,1-2H3/t7-,9-/m1/s1. The molecule has 4 nitrogen and oxygen atoms in total. The van der Waals surface area contributed by atoms with Gasteiger partial charge in [-0.05, 0) is 19.9 Å². The lowest BCUT2D eigenvalue weighted by atomic mass is 9.90. The molecule has 7 heteroatoms. The Kier molecular flexibility index (Phi) is 4.03. The Bertz CT molecular complexity index is 295. The molecule has 0 spiro atoms. The molecule has 2 atom stereocenters. The molecule has 0 aromatic carbocycles. The Morgan fingerprint density at radius 3 is 2.65 bits per heavy atom. The smallest absolute Gasteiger partial charge is 0.415 e. The molecule has 1 saturated heterocycles. The molecule has 0 saturated carbocycles. The van der Waals surface area contributed by atoms with E-state index in [0.29, 0.717) is 13.0 Å². The van der Waals surface area contributed by atoms with Crippen LogP contribution in [0.25, 0.3) is 0 Å². The zero-order valence-electron chi connectivity index (χ0n) is 9.75. The quantitative estimate of drug-likeness (QED) is 0.758. The number of β-amino-alcohol motifs (C(OH)–C–C–N with tert-alkyl or cyclic N) is 1. The molecule has 1 heterocycles. The first kappa shape index (κ1) is 14.2. The molecule has 0 amide bonds. The summed E-state index contributed by atoms with van der Waals surface area (Å²) in [5.74, 6) is -0.429. The van der Waals surface area contributed by atoms with Gasteiger partial charge in [0.25, 0.3) is 0 Å². The number of alkyl halides is 3. The van der Waals surface area contributed by atoms with Crippen LogP contribution in [0.2, 0.25) is 0 Å². The fraction of sp³-hybridized carbons (Fsp3) is 0.900. The van der Waals surface area contributed by atoms with Gasteiger partial charge in [-0.1, -0.05) is 0 Å². The van der Waals surface area contributed by atoms with Gasteiger partial charge in [-0.15, -0.1) is 0 Å². The maximum absolute atomic E-state index is 12.2. The van der Waals surface area contributed by atoms with Crippen LogP contribution in [0.3, 0.4) is 0 Å². The number of hydrogen-bond acceptors (Lipinski definition) is 4. The van der Waals surface area contributed by atoms with E-state index in [1.807, 2.05) is 0 Å². The highest BCUT2D eigenvalue weighted by molar-refractivity contribution is 5.76. The molecule has 0 aromatic rings. The number of methoxy groups -OCH3 is 1. The van der Waals surface area contributed by atoms with Crippen LogP contribution in [0.1, 0.15) is 13.3 Å². The predicted molar refractivity (Wildman–Crippen MR) is 53.2 cm³/mol. The number of rotatable bonds is 3. The summed E-state index contributed by atoms with van der Waals surface area (Å²) in [6.07, 6.45) is -6.56. The molecule has 100 valence electrons. The van der Waals surface area contributed by atoms with E-state index in [2.05, 4.69) is 4.74 Å². The maximum atomic E-state index is 12.2. The number of ether oxygens (including phenoxy) is 1. The summed E-state index contributed by atoms with van der Waals surface area (Å²) >= 11 is 0. The molecule has 17 heavy (non-hydrogen) atoms. The number of likely N-dealkylation sites (tertiary alicyclic amines) is 1. The van der Waals surface area contributed by atoms with E-state index in [-0.39, 0.29) is 6.54 Å². The van der Waals surface area contributed by atoms with E-state index in [4.69, 9.17) is 5.11 Å². The molecule has 1 fully saturated rings. The number of halogens is 3. The summed E-state index contributed by atoms with van der Waals surface area (Å²) < 4.78 is 41.1. The molecule has 0 aliphatic carbocycles. The summed E-state index contributed by atoms with van der Waals surface area (Å²) in [4.78, 5) is 12.9. The average molecular weight is 255 g/mol. The highest BCUT2D eigenvalue weighted by Gasteiger charge is 2.45. The fourth-order valence-electron chi connectivity index (χ4n) is 1.97. The minimum absolute atomic E-state index is 0.173. The number of nitrogens with zero attached hydrogens (tertiary/aromatic N) is 1. The fourth-order valence-corrected chi connectivity index (χ4v) is 1.97. The molecule has 1 rings (SSSR count). The Labute approximate surface area is 97.3 Å². The first-order valence-electron chi connectivity index (χ1n) is 5.24. The summed E-state index contributed by atoms with van der Waals surface area (Å²) in [5, 5.41) is 8.93. The van der Waals surface area contributed by atoms with Crippen molar-refractivity contribution in [3.05, 3.63) is 0 Å². The zero-order valence-corrected chi connectivity index (χ0v) is 9.75. The van der Waals surface area contributed by atoms with Crippen molar-refractivity contribution in [3.63, 3.8) is 0 Å². The first-order valence-corrected chi connectivity index (χ1v) is 5.24. The Hall–Kier alpha value is -0.820. The van der Waals surface area contributed by atoms with E-state index < -0.39 is 30.2 Å². The van der Waals surface area contributed by atoms with Crippen molar-refractivity contribution < 1.29 is 27.8 Å². The molecule has 0 bridgehead atoms. The lowest BCUT2D eigenvalue weighted by molar-refractivity contribution is -0.207. The number of carbonyl (C=O) groups excluding carboxylic acids is 1. The monoisotopic (exact) mass is 255 g/mol. The van der Waals surface area contributed by atoms with Gasteiger partial charge in [0, 0.05) is 13.1 Å². The van der Waals surface area contributed by atoms with Crippen molar-refractivity contribution in [2.24, 2.45) is 5.41 Å². The minimum atomic E-state index is -4.62. The molecule has 0 radical (unpaired) electrons. The van der Waals surface area contributed by atoms with Gasteiger partial charge >= 0.3 is 12.1 Å². The van der Waals surface area contributed by atoms with Gasteiger partial charge in [0.05, 0.1) is 12.5 Å². The van der Waals surface area contributed by atoms with Gasteiger partial charge in [-0.2, -0.15) is 13.2 Å². The van der Waals surface area contributed by atoms with Crippen LogP contribution in [-0.2, 0) is 9.53 Å². The highest BCUT2D eigenvalue weighted by Crippen LogP contribution is 2.32. The Balaban J connectivity index is 2.54. The second-order valence-electron chi connectivity index (χ2n) is 4.59. The number of carbonyl (C=O) groups is 1. The minimum Gasteiger partial charge on any atom is -0.469 e. The second kappa shape index (κ2) is 4.81. The van der Waals surface area contributed by atoms with Crippen LogP contribution in [0.5, 0.6) is 0 Å². The summed E-state index contributed by atoms with van der Waals surface area (Å²) in [7, 11) is 1.25. The van der Waals surface area contributed by atoms with Gasteiger partial charge in [0.1, 0.15) is 0 Å². The third kappa shape index (κ3) is 3.32. The van der Waals surface area contributed by atoms with Crippen LogP contribution in [0, 0.1) is 5.41 Å². The van der Waals surface area contributed by atoms with E-state index >= 15 is 0 Å². The van der Waals surface area contributed by atoms with Crippen LogP contribution in [-0.4, -0.2) is 55.0 Å². The molecule has 1 aliphatic heterocycles. The highest BCUT2D eigenvalue weighted by atomic mass is 19.4. The van der Waals surface area contributed by atoms with Crippen LogP contribution >= 0.6 is 0 Å². The normalized spacial score (nSPS) is 28.1. The SMILES string of the molecule is COC(=O)[C@]1(C)CCN(C[C@@H](O)C(F)(F)F)C1. The molecular formula is C10H16F3NO3. The average Bonchev–Trinajstić information content (AvgIpc) is 2.59. The number of hydrogen-bond donors (Lipinski definition) is 1. The molecule has 0 aromatic heterocycles. The van der Waals surface area contributed by atoms with E-state index in [1.54, 1.807) is 6.92 Å². The Morgan fingerprint density at radius 1 is 1.59 bits per heavy atom. The number of aliphatic hydroxyl groups excluding tert-OH is 1. The van der Waals surface area contributed by atoms with Crippen molar-refractivity contribution in [1.29, 1.82) is 0 Å². The van der Waals surface area contributed by atoms with Crippen molar-refractivity contribution in [1.82, 2.24) is 4.90 Å².